The average molecular weight is 268 g/mol. The van der Waals surface area contributed by atoms with E-state index in [-0.39, 0.29) is 11.8 Å². The van der Waals surface area contributed by atoms with Gasteiger partial charge in [-0.25, -0.2) is 4.39 Å². The first kappa shape index (κ1) is 15.4. The van der Waals surface area contributed by atoms with Crippen LogP contribution in [0.5, 0.6) is 0 Å². The molecule has 0 heterocycles. The number of nitrogens with one attached hydrogen (secondary N) is 1. The summed E-state index contributed by atoms with van der Waals surface area (Å²) in [7, 11) is 3.32. The molecule has 0 aliphatic rings. The average Bonchev–Trinajstić information content (AvgIpc) is 2.37. The maximum absolute atomic E-state index is 13.9. The minimum Gasteiger partial charge on any atom is -0.389 e. The Balaban J connectivity index is 2.83. The summed E-state index contributed by atoms with van der Waals surface area (Å²) in [5.41, 5.74) is 0.953. The second kappa shape index (κ2) is 6.52. The molecule has 4 nitrogen and oxygen atoms in total. The van der Waals surface area contributed by atoms with Crippen LogP contribution in [0.4, 0.5) is 10.1 Å². The Morgan fingerprint density at radius 1 is 1.47 bits per heavy atom. The molecule has 0 fully saturated rings. The predicted octanol–water partition coefficient (Wildman–Crippen LogP) is 1.70. The second-order valence-electron chi connectivity index (χ2n) is 4.78. The van der Waals surface area contributed by atoms with Crippen LogP contribution in [-0.2, 0) is 4.79 Å². The zero-order valence-corrected chi connectivity index (χ0v) is 11.8. The molecular formula is C14H21FN2O2. The van der Waals surface area contributed by atoms with Gasteiger partial charge < -0.3 is 15.3 Å². The van der Waals surface area contributed by atoms with E-state index in [0.717, 1.165) is 0 Å². The minimum absolute atomic E-state index is 0.0761. The number of carbonyl (C=O) groups excluding carboxylic acids is 1. The van der Waals surface area contributed by atoms with Crippen LogP contribution in [0.2, 0.25) is 0 Å². The highest BCUT2D eigenvalue weighted by molar-refractivity contribution is 5.78. The molecule has 0 saturated carbocycles. The summed E-state index contributed by atoms with van der Waals surface area (Å²) in [5.74, 6) is -0.705. The van der Waals surface area contributed by atoms with Crippen LogP contribution < -0.4 is 10.2 Å². The van der Waals surface area contributed by atoms with Crippen LogP contribution in [0.15, 0.2) is 18.2 Å². The Morgan fingerprint density at radius 3 is 2.58 bits per heavy atom. The van der Waals surface area contributed by atoms with Crippen LogP contribution >= 0.6 is 0 Å². The zero-order valence-electron chi connectivity index (χ0n) is 11.8. The third kappa shape index (κ3) is 3.92. The van der Waals surface area contributed by atoms with Gasteiger partial charge in [0.25, 0.3) is 0 Å². The highest BCUT2D eigenvalue weighted by atomic mass is 19.1. The van der Waals surface area contributed by atoms with E-state index in [0.29, 0.717) is 17.8 Å². The number of aliphatic hydroxyl groups excluding tert-OH is 1. The fourth-order valence-electron chi connectivity index (χ4n) is 1.93. The lowest BCUT2D eigenvalue weighted by molar-refractivity contribution is -0.123. The fourth-order valence-corrected chi connectivity index (χ4v) is 1.93. The van der Waals surface area contributed by atoms with Gasteiger partial charge in [-0.3, -0.25) is 4.79 Å². The van der Waals surface area contributed by atoms with Crippen molar-refractivity contribution in [2.75, 3.05) is 25.5 Å². The maximum atomic E-state index is 13.9. The Morgan fingerprint density at radius 2 is 2.11 bits per heavy atom. The molecule has 5 heteroatoms. The van der Waals surface area contributed by atoms with Gasteiger partial charge in [0.2, 0.25) is 5.91 Å². The zero-order chi connectivity index (χ0) is 14.6. The quantitative estimate of drug-likeness (QED) is 0.854. The number of hydrogen-bond donors (Lipinski definition) is 2. The lowest BCUT2D eigenvalue weighted by atomic mass is 10.1. The molecule has 2 atom stereocenters. The van der Waals surface area contributed by atoms with Crippen molar-refractivity contribution in [1.29, 1.82) is 0 Å². The van der Waals surface area contributed by atoms with Crippen molar-refractivity contribution >= 4 is 11.6 Å². The van der Waals surface area contributed by atoms with Gasteiger partial charge in [0.1, 0.15) is 5.82 Å². The van der Waals surface area contributed by atoms with E-state index in [1.807, 2.05) is 0 Å². The number of aliphatic hydroxyl groups is 1. The highest BCUT2D eigenvalue weighted by Gasteiger charge is 2.16. The van der Waals surface area contributed by atoms with Crippen molar-refractivity contribution in [3.05, 3.63) is 29.6 Å². The summed E-state index contributed by atoms with van der Waals surface area (Å²) in [6.07, 6.45) is -0.696. The van der Waals surface area contributed by atoms with E-state index >= 15 is 0 Å². The second-order valence-corrected chi connectivity index (χ2v) is 4.78. The van der Waals surface area contributed by atoms with Crippen LogP contribution in [0.3, 0.4) is 0 Å². The molecule has 0 radical (unpaired) electrons. The third-order valence-electron chi connectivity index (χ3n) is 3.11. The van der Waals surface area contributed by atoms with Gasteiger partial charge in [-0.15, -0.1) is 0 Å². The highest BCUT2D eigenvalue weighted by Crippen LogP contribution is 2.23. The number of nitrogens with zero attached hydrogens (tertiary/aromatic N) is 1. The normalized spacial score (nSPS) is 13.8. The largest absolute Gasteiger partial charge is 0.389 e. The smallest absolute Gasteiger partial charge is 0.224 e. The molecule has 1 amide bonds. The molecule has 1 aromatic carbocycles. The summed E-state index contributed by atoms with van der Waals surface area (Å²) in [4.78, 5) is 13.1. The SMILES string of the molecule is CNC(=O)C(C)CN(C)c1ccc([C@@H](C)O)cc1F. The Hall–Kier alpha value is -1.62. The van der Waals surface area contributed by atoms with Crippen LogP contribution in [0, 0.1) is 11.7 Å². The Labute approximate surface area is 113 Å². The molecule has 0 aliphatic heterocycles. The van der Waals surface area contributed by atoms with E-state index in [4.69, 9.17) is 0 Å². The first-order chi connectivity index (χ1) is 8.86. The predicted molar refractivity (Wildman–Crippen MR) is 73.5 cm³/mol. The minimum atomic E-state index is -0.696. The van der Waals surface area contributed by atoms with Crippen molar-refractivity contribution in [2.24, 2.45) is 5.92 Å². The number of anilines is 1. The molecule has 0 aliphatic carbocycles. The van der Waals surface area contributed by atoms with Crippen molar-refractivity contribution in [2.45, 2.75) is 20.0 Å². The topological polar surface area (TPSA) is 52.6 Å². The molecule has 19 heavy (non-hydrogen) atoms. The fraction of sp³-hybridized carbons (Fsp3) is 0.500. The van der Waals surface area contributed by atoms with Crippen molar-refractivity contribution < 1.29 is 14.3 Å². The molecule has 0 spiro atoms. The molecule has 0 bridgehead atoms. The van der Waals surface area contributed by atoms with Gasteiger partial charge in [0.15, 0.2) is 0 Å². The molecule has 2 N–H and O–H groups in total. The van der Waals surface area contributed by atoms with Gasteiger partial charge in [-0.05, 0) is 24.6 Å². The first-order valence-electron chi connectivity index (χ1n) is 6.27. The third-order valence-corrected chi connectivity index (χ3v) is 3.11. The maximum Gasteiger partial charge on any atom is 0.224 e. The molecule has 1 rings (SSSR count). The van der Waals surface area contributed by atoms with Crippen LogP contribution in [0.25, 0.3) is 0 Å². The standard InChI is InChI=1S/C14H21FN2O2/c1-9(14(19)16-3)8-17(4)13-6-5-11(10(2)18)7-12(13)15/h5-7,9-10,18H,8H2,1-4H3,(H,16,19)/t9?,10-/m1/s1. The van der Waals surface area contributed by atoms with E-state index in [1.54, 1.807) is 45.0 Å². The molecular weight excluding hydrogens is 247 g/mol. The van der Waals surface area contributed by atoms with Crippen LogP contribution in [0.1, 0.15) is 25.5 Å². The van der Waals surface area contributed by atoms with Gasteiger partial charge >= 0.3 is 0 Å². The number of carbonyl (C=O) groups is 1. The lowest BCUT2D eigenvalue weighted by Crippen LogP contribution is -2.34. The molecule has 106 valence electrons. The van der Waals surface area contributed by atoms with Gasteiger partial charge in [0, 0.05) is 20.6 Å². The molecule has 0 saturated heterocycles. The summed E-state index contributed by atoms with van der Waals surface area (Å²) in [6, 6.07) is 4.62. The molecule has 1 aromatic rings. The summed E-state index contributed by atoms with van der Waals surface area (Å²) < 4.78 is 13.9. The van der Waals surface area contributed by atoms with Gasteiger partial charge in [-0.2, -0.15) is 0 Å². The van der Waals surface area contributed by atoms with Crippen LogP contribution in [-0.4, -0.2) is 31.7 Å². The van der Waals surface area contributed by atoms with E-state index in [9.17, 15) is 14.3 Å². The van der Waals surface area contributed by atoms with E-state index in [2.05, 4.69) is 5.32 Å². The van der Waals surface area contributed by atoms with Gasteiger partial charge in [-0.1, -0.05) is 13.0 Å². The van der Waals surface area contributed by atoms with E-state index in [1.165, 1.54) is 6.07 Å². The van der Waals surface area contributed by atoms with Crippen molar-refractivity contribution in [3.63, 3.8) is 0 Å². The number of rotatable bonds is 5. The Kier molecular flexibility index (Phi) is 5.30. The van der Waals surface area contributed by atoms with Gasteiger partial charge in [0.05, 0.1) is 17.7 Å². The van der Waals surface area contributed by atoms with Crippen molar-refractivity contribution in [3.8, 4) is 0 Å². The van der Waals surface area contributed by atoms with Crippen molar-refractivity contribution in [1.82, 2.24) is 5.32 Å². The summed E-state index contributed by atoms with van der Waals surface area (Å²) in [6.45, 7) is 3.80. The number of halogens is 1. The van der Waals surface area contributed by atoms with E-state index < -0.39 is 11.9 Å². The number of amides is 1. The number of benzene rings is 1. The molecule has 0 aromatic heterocycles. The molecule has 1 unspecified atom stereocenters. The number of hydrogen-bond acceptors (Lipinski definition) is 3. The lowest BCUT2D eigenvalue weighted by Gasteiger charge is -2.23. The summed E-state index contributed by atoms with van der Waals surface area (Å²) >= 11 is 0. The summed E-state index contributed by atoms with van der Waals surface area (Å²) in [5, 5.41) is 12.0. The monoisotopic (exact) mass is 268 g/mol. The first-order valence-corrected chi connectivity index (χ1v) is 6.27. The Bertz CT molecular complexity index is 449.